The molecule has 0 amide bonds. The molecule has 2 aromatic carbocycles. The highest BCUT2D eigenvalue weighted by Crippen LogP contribution is 2.34. The van der Waals surface area contributed by atoms with E-state index in [4.69, 9.17) is 9.47 Å². The van der Waals surface area contributed by atoms with Crippen LogP contribution in [-0.2, 0) is 15.7 Å². The van der Waals surface area contributed by atoms with Crippen molar-refractivity contribution in [2.45, 2.75) is 25.1 Å². The van der Waals surface area contributed by atoms with Crippen LogP contribution in [0.1, 0.15) is 18.4 Å². The molecular formula is C26H21F3N4O2. The van der Waals surface area contributed by atoms with Gasteiger partial charge in [0.2, 0.25) is 0 Å². The first-order valence-electron chi connectivity index (χ1n) is 11.0. The van der Waals surface area contributed by atoms with Gasteiger partial charge in [0, 0.05) is 16.8 Å². The highest BCUT2D eigenvalue weighted by Gasteiger charge is 2.31. The first kappa shape index (κ1) is 22.5. The van der Waals surface area contributed by atoms with Crippen molar-refractivity contribution in [2.75, 3.05) is 5.32 Å². The smallest absolute Gasteiger partial charge is 0.416 e. The minimum Gasteiger partial charge on any atom is -0.466 e. The number of benzene rings is 2. The third-order valence-electron chi connectivity index (χ3n) is 5.64. The normalized spacial score (nSPS) is 16.1. The van der Waals surface area contributed by atoms with Crippen LogP contribution in [0.2, 0.25) is 0 Å². The lowest BCUT2D eigenvalue weighted by Gasteiger charge is -2.27. The molecule has 0 spiro atoms. The molecule has 1 aliphatic heterocycles. The molecule has 178 valence electrons. The Balaban J connectivity index is 1.47. The molecule has 2 aliphatic rings. The van der Waals surface area contributed by atoms with Gasteiger partial charge in [-0.1, -0.05) is 42.5 Å². The summed E-state index contributed by atoms with van der Waals surface area (Å²) in [6.07, 6.45) is 7.97. The minimum absolute atomic E-state index is 0.175. The number of ether oxygens (including phenoxy) is 2. The molecule has 3 aromatic rings. The summed E-state index contributed by atoms with van der Waals surface area (Å²) in [5, 5.41) is 10.5. The van der Waals surface area contributed by atoms with Gasteiger partial charge in [-0.05, 0) is 42.7 Å². The molecule has 1 atom stereocenters. The molecular weight excluding hydrogens is 457 g/mol. The van der Waals surface area contributed by atoms with Gasteiger partial charge >= 0.3 is 6.18 Å². The predicted molar refractivity (Wildman–Crippen MR) is 126 cm³/mol. The third-order valence-corrected chi connectivity index (χ3v) is 5.64. The highest BCUT2D eigenvalue weighted by molar-refractivity contribution is 5.75. The number of H-pyrrole nitrogens is 1. The van der Waals surface area contributed by atoms with Crippen molar-refractivity contribution in [3.05, 3.63) is 102 Å². The Morgan fingerprint density at radius 1 is 1.06 bits per heavy atom. The van der Waals surface area contributed by atoms with Crippen molar-refractivity contribution in [3.8, 4) is 22.8 Å². The fourth-order valence-corrected chi connectivity index (χ4v) is 3.93. The van der Waals surface area contributed by atoms with Crippen molar-refractivity contribution in [3.63, 3.8) is 0 Å². The fourth-order valence-electron chi connectivity index (χ4n) is 3.93. The zero-order valence-corrected chi connectivity index (χ0v) is 18.4. The Morgan fingerprint density at radius 2 is 1.94 bits per heavy atom. The molecule has 35 heavy (non-hydrogen) atoms. The average molecular weight is 478 g/mol. The van der Waals surface area contributed by atoms with Crippen LogP contribution in [0.4, 0.5) is 18.9 Å². The lowest BCUT2D eigenvalue weighted by Crippen LogP contribution is -2.27. The van der Waals surface area contributed by atoms with E-state index in [0.29, 0.717) is 17.1 Å². The van der Waals surface area contributed by atoms with E-state index in [1.54, 1.807) is 12.3 Å². The molecule has 0 saturated heterocycles. The lowest BCUT2D eigenvalue weighted by molar-refractivity contribution is -0.137. The summed E-state index contributed by atoms with van der Waals surface area (Å²) >= 11 is 0. The fraction of sp³-hybridized carbons (Fsp3) is 0.154. The van der Waals surface area contributed by atoms with Crippen LogP contribution >= 0.6 is 0 Å². The Bertz CT molecular complexity index is 1340. The number of nitrogens with one attached hydrogen (secondary N) is 2. The number of hydrogen-bond acceptors (Lipinski definition) is 5. The van der Waals surface area contributed by atoms with Gasteiger partial charge in [-0.3, -0.25) is 5.10 Å². The van der Waals surface area contributed by atoms with Gasteiger partial charge in [-0.25, -0.2) is 4.98 Å². The van der Waals surface area contributed by atoms with Gasteiger partial charge in [0.25, 0.3) is 0 Å². The van der Waals surface area contributed by atoms with Crippen LogP contribution in [-0.4, -0.2) is 21.2 Å². The van der Waals surface area contributed by atoms with E-state index >= 15 is 0 Å². The zero-order valence-electron chi connectivity index (χ0n) is 18.4. The van der Waals surface area contributed by atoms with E-state index in [1.165, 1.54) is 18.6 Å². The maximum absolute atomic E-state index is 13.1. The molecule has 1 aliphatic carbocycles. The molecule has 2 N–H and O–H groups in total. The third kappa shape index (κ3) is 4.98. The van der Waals surface area contributed by atoms with Crippen molar-refractivity contribution < 1.29 is 22.6 Å². The monoisotopic (exact) mass is 478 g/mol. The first-order valence-corrected chi connectivity index (χ1v) is 11.0. The second-order valence-corrected chi connectivity index (χ2v) is 7.96. The van der Waals surface area contributed by atoms with E-state index < -0.39 is 11.7 Å². The molecule has 6 nitrogen and oxygen atoms in total. The van der Waals surface area contributed by atoms with Crippen LogP contribution < -0.4 is 5.32 Å². The standard InChI is InChI=1S/C26H21F3N4O2/c27-26(28,29)19-10-6-9-18(15-19)24-31-25(33-32-24)20-11-4-5-12-21(20)30-23(17-7-2-1-3-8-17)22-16-34-13-14-35-22/h1-2,4-7,9-16,23,30H,3,8H2,(H,31,32,33). The Morgan fingerprint density at radius 3 is 2.71 bits per heavy atom. The Kier molecular flexibility index (Phi) is 6.13. The first-order chi connectivity index (χ1) is 17.0. The maximum atomic E-state index is 13.1. The van der Waals surface area contributed by atoms with E-state index in [9.17, 15) is 13.2 Å². The van der Waals surface area contributed by atoms with Gasteiger partial charge in [-0.15, -0.1) is 0 Å². The van der Waals surface area contributed by atoms with E-state index in [2.05, 4.69) is 26.6 Å². The van der Waals surface area contributed by atoms with Crippen molar-refractivity contribution in [1.29, 1.82) is 0 Å². The number of allylic oxidation sites excluding steroid dienone is 3. The second-order valence-electron chi connectivity index (χ2n) is 7.96. The Hall–Kier alpha value is -4.27. The molecule has 5 rings (SSSR count). The minimum atomic E-state index is -4.45. The quantitative estimate of drug-likeness (QED) is 0.419. The number of hydrogen-bond donors (Lipinski definition) is 2. The number of alkyl halides is 3. The lowest BCUT2D eigenvalue weighted by atomic mass is 9.96. The molecule has 0 fully saturated rings. The maximum Gasteiger partial charge on any atom is 0.416 e. The number of anilines is 1. The summed E-state index contributed by atoms with van der Waals surface area (Å²) in [5.41, 5.74) is 2.10. The van der Waals surface area contributed by atoms with E-state index in [0.717, 1.165) is 36.2 Å². The largest absolute Gasteiger partial charge is 0.466 e. The van der Waals surface area contributed by atoms with Gasteiger partial charge in [0.15, 0.2) is 17.4 Å². The predicted octanol–water partition coefficient (Wildman–Crippen LogP) is 6.57. The van der Waals surface area contributed by atoms with Gasteiger partial charge in [0.1, 0.15) is 24.8 Å². The van der Waals surface area contributed by atoms with Gasteiger partial charge in [0.05, 0.1) is 5.56 Å². The molecule has 2 heterocycles. The second kappa shape index (κ2) is 9.54. The summed E-state index contributed by atoms with van der Waals surface area (Å²) in [5.74, 6) is 1.20. The van der Waals surface area contributed by atoms with Crippen LogP contribution in [0.3, 0.4) is 0 Å². The van der Waals surface area contributed by atoms with E-state index in [1.807, 2.05) is 36.4 Å². The van der Waals surface area contributed by atoms with Crippen molar-refractivity contribution in [1.82, 2.24) is 15.2 Å². The Labute approximate surface area is 199 Å². The molecule has 1 aromatic heterocycles. The topological polar surface area (TPSA) is 72.1 Å². The number of aromatic nitrogens is 3. The number of halogens is 3. The summed E-state index contributed by atoms with van der Waals surface area (Å²) in [4.78, 5) is 4.49. The molecule has 0 saturated carbocycles. The number of nitrogens with zero attached hydrogens (tertiary/aromatic N) is 2. The van der Waals surface area contributed by atoms with Crippen LogP contribution in [0.15, 0.2) is 96.9 Å². The summed E-state index contributed by atoms with van der Waals surface area (Å²) < 4.78 is 50.5. The zero-order chi connectivity index (χ0) is 24.3. The van der Waals surface area contributed by atoms with Crippen LogP contribution in [0.5, 0.6) is 0 Å². The highest BCUT2D eigenvalue weighted by atomic mass is 19.4. The molecule has 0 radical (unpaired) electrons. The molecule has 1 unspecified atom stereocenters. The van der Waals surface area contributed by atoms with Gasteiger partial charge < -0.3 is 14.8 Å². The number of rotatable bonds is 6. The number of aromatic amines is 1. The summed E-state index contributed by atoms with van der Waals surface area (Å²) in [7, 11) is 0. The van der Waals surface area contributed by atoms with E-state index in [-0.39, 0.29) is 17.4 Å². The summed E-state index contributed by atoms with van der Waals surface area (Å²) in [6, 6.07) is 12.1. The van der Waals surface area contributed by atoms with Crippen molar-refractivity contribution in [2.24, 2.45) is 0 Å². The molecule has 0 bridgehead atoms. The van der Waals surface area contributed by atoms with Crippen molar-refractivity contribution >= 4 is 5.69 Å². The van der Waals surface area contributed by atoms with Gasteiger partial charge in [-0.2, -0.15) is 18.3 Å². The van der Waals surface area contributed by atoms with Crippen LogP contribution in [0.25, 0.3) is 22.8 Å². The SMILES string of the molecule is FC(F)(F)c1cccc(-c2n[nH]c(-c3ccccc3NC(C3=CC=CCC3)C3=COC=CO3)n2)c1. The van der Waals surface area contributed by atoms with Crippen LogP contribution in [0, 0.1) is 0 Å². The number of para-hydroxylation sites is 1. The average Bonchev–Trinajstić information content (AvgIpc) is 3.38. The molecule has 9 heteroatoms. The summed E-state index contributed by atoms with van der Waals surface area (Å²) in [6.45, 7) is 0.